The first kappa shape index (κ1) is 8.68. The molecule has 0 bridgehead atoms. The zero-order valence-electron chi connectivity index (χ0n) is 8.38. The van der Waals surface area contributed by atoms with Gasteiger partial charge in [-0.05, 0) is 19.3 Å². The van der Waals surface area contributed by atoms with Crippen LogP contribution in [0.15, 0.2) is 0 Å². The summed E-state index contributed by atoms with van der Waals surface area (Å²) in [5, 5.41) is 6.37. The first-order chi connectivity index (χ1) is 6.80. The summed E-state index contributed by atoms with van der Waals surface area (Å²) in [5.41, 5.74) is -0.249. The molecule has 1 unspecified atom stereocenters. The summed E-state index contributed by atoms with van der Waals surface area (Å²) >= 11 is 0. The summed E-state index contributed by atoms with van der Waals surface area (Å²) in [6.07, 6.45) is 3.64. The van der Waals surface area contributed by atoms with Crippen molar-refractivity contribution in [2.45, 2.75) is 30.8 Å². The van der Waals surface area contributed by atoms with Gasteiger partial charge in [0, 0.05) is 32.2 Å². The van der Waals surface area contributed by atoms with Crippen molar-refractivity contribution in [1.29, 1.82) is 0 Å². The molecule has 4 heteroatoms. The fourth-order valence-electron chi connectivity index (χ4n) is 2.65. The quantitative estimate of drug-likeness (QED) is 0.582. The highest BCUT2D eigenvalue weighted by Crippen LogP contribution is 2.33. The molecule has 3 fully saturated rings. The summed E-state index contributed by atoms with van der Waals surface area (Å²) < 4.78 is 0. The lowest BCUT2D eigenvalue weighted by atomic mass is 9.95. The monoisotopic (exact) mass is 195 g/mol. The van der Waals surface area contributed by atoms with Gasteiger partial charge in [0.05, 0.1) is 0 Å². The minimum Gasteiger partial charge on any atom is -0.353 e. The van der Waals surface area contributed by atoms with Crippen LogP contribution in [0.5, 0.6) is 0 Å². The Balaban J connectivity index is 1.73. The molecule has 1 aliphatic carbocycles. The van der Waals surface area contributed by atoms with Gasteiger partial charge in [-0.1, -0.05) is 0 Å². The van der Waals surface area contributed by atoms with Gasteiger partial charge in [0.1, 0.15) is 5.54 Å². The second-order valence-electron chi connectivity index (χ2n) is 4.72. The zero-order valence-corrected chi connectivity index (χ0v) is 8.38. The molecule has 2 aliphatic heterocycles. The molecule has 2 heterocycles. The summed E-state index contributed by atoms with van der Waals surface area (Å²) in [5.74, 6) is 0.215. The molecule has 0 aromatic rings. The molecule has 0 aromatic heterocycles. The van der Waals surface area contributed by atoms with Crippen LogP contribution in [0.3, 0.4) is 0 Å². The van der Waals surface area contributed by atoms with E-state index in [0.717, 1.165) is 38.6 Å². The summed E-state index contributed by atoms with van der Waals surface area (Å²) in [6.45, 7) is 3.71. The van der Waals surface area contributed by atoms with E-state index in [1.807, 2.05) is 0 Å². The Bertz CT molecular complexity index is 264. The Hall–Kier alpha value is -0.610. The van der Waals surface area contributed by atoms with E-state index >= 15 is 0 Å². The SMILES string of the molecule is O=C1NCCNC12CCN(C1CC1)C2. The maximum Gasteiger partial charge on any atom is 0.241 e. The van der Waals surface area contributed by atoms with Crippen LogP contribution in [-0.2, 0) is 4.79 Å². The van der Waals surface area contributed by atoms with Gasteiger partial charge >= 0.3 is 0 Å². The third-order valence-corrected chi connectivity index (χ3v) is 3.67. The topological polar surface area (TPSA) is 44.4 Å². The van der Waals surface area contributed by atoms with Crippen molar-refractivity contribution in [3.63, 3.8) is 0 Å². The number of carbonyl (C=O) groups is 1. The molecule has 1 spiro atoms. The number of amides is 1. The smallest absolute Gasteiger partial charge is 0.241 e. The highest BCUT2D eigenvalue weighted by molar-refractivity contribution is 5.87. The van der Waals surface area contributed by atoms with Gasteiger partial charge in [-0.2, -0.15) is 0 Å². The molecule has 4 nitrogen and oxygen atoms in total. The molecular formula is C10H17N3O. The number of nitrogens with one attached hydrogen (secondary N) is 2. The number of rotatable bonds is 1. The van der Waals surface area contributed by atoms with E-state index in [1.54, 1.807) is 0 Å². The molecule has 0 aromatic carbocycles. The fourth-order valence-corrected chi connectivity index (χ4v) is 2.65. The van der Waals surface area contributed by atoms with E-state index in [-0.39, 0.29) is 11.4 Å². The lowest BCUT2D eigenvalue weighted by molar-refractivity contribution is -0.128. The minimum atomic E-state index is -0.249. The predicted octanol–water partition coefficient (Wildman–Crippen LogP) is -0.687. The zero-order chi connectivity index (χ0) is 9.60. The molecule has 2 N–H and O–H groups in total. The molecule has 78 valence electrons. The van der Waals surface area contributed by atoms with Crippen LogP contribution in [0.1, 0.15) is 19.3 Å². The second-order valence-corrected chi connectivity index (χ2v) is 4.72. The van der Waals surface area contributed by atoms with Crippen LogP contribution in [0.25, 0.3) is 0 Å². The summed E-state index contributed by atoms with van der Waals surface area (Å²) in [7, 11) is 0. The van der Waals surface area contributed by atoms with Gasteiger partial charge in [0.25, 0.3) is 0 Å². The van der Waals surface area contributed by atoms with Crippen molar-refractivity contribution in [2.24, 2.45) is 0 Å². The van der Waals surface area contributed by atoms with Gasteiger partial charge < -0.3 is 10.6 Å². The van der Waals surface area contributed by atoms with Crippen molar-refractivity contribution in [3.05, 3.63) is 0 Å². The fraction of sp³-hybridized carbons (Fsp3) is 0.900. The maximum absolute atomic E-state index is 11.8. The molecule has 3 aliphatic rings. The van der Waals surface area contributed by atoms with E-state index < -0.39 is 0 Å². The Labute approximate surface area is 84.0 Å². The van der Waals surface area contributed by atoms with Gasteiger partial charge in [-0.25, -0.2) is 0 Å². The molecule has 1 amide bonds. The lowest BCUT2D eigenvalue weighted by Crippen LogP contribution is -2.64. The molecule has 2 saturated heterocycles. The van der Waals surface area contributed by atoms with Gasteiger partial charge in [-0.3, -0.25) is 9.69 Å². The van der Waals surface area contributed by atoms with E-state index in [2.05, 4.69) is 15.5 Å². The van der Waals surface area contributed by atoms with E-state index in [1.165, 1.54) is 12.8 Å². The largest absolute Gasteiger partial charge is 0.353 e. The Morgan fingerprint density at radius 2 is 2.21 bits per heavy atom. The van der Waals surface area contributed by atoms with Crippen LogP contribution in [0.4, 0.5) is 0 Å². The summed E-state index contributed by atoms with van der Waals surface area (Å²) in [6, 6.07) is 0.783. The van der Waals surface area contributed by atoms with Crippen LogP contribution in [-0.4, -0.2) is 48.6 Å². The van der Waals surface area contributed by atoms with Crippen LogP contribution >= 0.6 is 0 Å². The number of hydrogen-bond donors (Lipinski definition) is 2. The van der Waals surface area contributed by atoms with Crippen molar-refractivity contribution < 1.29 is 4.79 Å². The minimum absolute atomic E-state index is 0.215. The third-order valence-electron chi connectivity index (χ3n) is 3.67. The number of nitrogens with zero attached hydrogens (tertiary/aromatic N) is 1. The number of likely N-dealkylation sites (tertiary alicyclic amines) is 1. The number of hydrogen-bond acceptors (Lipinski definition) is 3. The normalized spacial score (nSPS) is 39.0. The van der Waals surface area contributed by atoms with Gasteiger partial charge in [-0.15, -0.1) is 0 Å². The van der Waals surface area contributed by atoms with Crippen molar-refractivity contribution in [3.8, 4) is 0 Å². The van der Waals surface area contributed by atoms with Crippen LogP contribution in [0.2, 0.25) is 0 Å². The van der Waals surface area contributed by atoms with Crippen molar-refractivity contribution >= 4 is 5.91 Å². The first-order valence-electron chi connectivity index (χ1n) is 5.58. The lowest BCUT2D eigenvalue weighted by Gasteiger charge is -2.33. The molecular weight excluding hydrogens is 178 g/mol. The molecule has 0 radical (unpaired) electrons. The predicted molar refractivity (Wildman–Crippen MR) is 53.0 cm³/mol. The first-order valence-corrected chi connectivity index (χ1v) is 5.58. The highest BCUT2D eigenvalue weighted by Gasteiger charge is 2.48. The van der Waals surface area contributed by atoms with Crippen LogP contribution < -0.4 is 10.6 Å². The third kappa shape index (κ3) is 1.25. The number of piperazine rings is 1. The molecule has 14 heavy (non-hydrogen) atoms. The van der Waals surface area contributed by atoms with E-state index in [9.17, 15) is 4.79 Å². The standard InChI is InChI=1S/C10H17N3O/c14-9-10(12-5-4-11-9)3-6-13(7-10)8-1-2-8/h8,12H,1-7H2,(H,11,14). The average molecular weight is 195 g/mol. The van der Waals surface area contributed by atoms with Crippen LogP contribution in [0, 0.1) is 0 Å². The van der Waals surface area contributed by atoms with Gasteiger partial charge in [0.2, 0.25) is 5.91 Å². The molecule has 1 saturated carbocycles. The molecule has 3 rings (SSSR count). The van der Waals surface area contributed by atoms with E-state index in [4.69, 9.17) is 0 Å². The number of carbonyl (C=O) groups excluding carboxylic acids is 1. The van der Waals surface area contributed by atoms with Gasteiger partial charge in [0.15, 0.2) is 0 Å². The molecule has 1 atom stereocenters. The second kappa shape index (κ2) is 2.94. The Kier molecular flexibility index (Phi) is 1.82. The average Bonchev–Trinajstić information content (AvgIpc) is 2.95. The Morgan fingerprint density at radius 1 is 1.36 bits per heavy atom. The maximum atomic E-state index is 11.8. The summed E-state index contributed by atoms with van der Waals surface area (Å²) in [4.78, 5) is 14.3. The van der Waals surface area contributed by atoms with Crippen molar-refractivity contribution in [2.75, 3.05) is 26.2 Å². The Morgan fingerprint density at radius 3 is 2.93 bits per heavy atom. The highest BCUT2D eigenvalue weighted by atomic mass is 16.2. The van der Waals surface area contributed by atoms with E-state index in [0.29, 0.717) is 0 Å². The van der Waals surface area contributed by atoms with Crippen molar-refractivity contribution in [1.82, 2.24) is 15.5 Å².